The zero-order chi connectivity index (χ0) is 13.5. The summed E-state index contributed by atoms with van der Waals surface area (Å²) in [5.74, 6) is -0.555. The van der Waals surface area contributed by atoms with E-state index in [2.05, 4.69) is 17.2 Å². The molecule has 0 fully saturated rings. The van der Waals surface area contributed by atoms with Crippen LogP contribution in [0.5, 0.6) is 0 Å². The van der Waals surface area contributed by atoms with Crippen LogP contribution in [0, 0.1) is 5.41 Å². The van der Waals surface area contributed by atoms with Crippen LogP contribution in [0.2, 0.25) is 0 Å². The topological polar surface area (TPSA) is 61.4 Å². The van der Waals surface area contributed by atoms with Crippen LogP contribution in [0.4, 0.5) is 0 Å². The first-order valence-electron chi connectivity index (χ1n) is 5.64. The first-order chi connectivity index (χ1) is 7.82. The Labute approximate surface area is 103 Å². The number of likely N-dealkylation sites (N-methyl/N-ethyl adjacent to an activating group) is 1. The first kappa shape index (κ1) is 15.6. The molecule has 0 aliphatic rings. The average Bonchev–Trinajstić information content (AvgIpc) is 2.24. The SMILES string of the molecule is C=CCNC(=O)C(C)(C)C(=O)NCCN(C)C. The van der Waals surface area contributed by atoms with Gasteiger partial charge in [-0.3, -0.25) is 9.59 Å². The van der Waals surface area contributed by atoms with Crippen molar-refractivity contribution in [3.8, 4) is 0 Å². The van der Waals surface area contributed by atoms with E-state index in [1.807, 2.05) is 19.0 Å². The number of hydrogen-bond donors (Lipinski definition) is 2. The van der Waals surface area contributed by atoms with E-state index >= 15 is 0 Å². The number of nitrogens with one attached hydrogen (secondary N) is 2. The van der Waals surface area contributed by atoms with Crippen LogP contribution in [0.3, 0.4) is 0 Å². The molecule has 0 saturated heterocycles. The van der Waals surface area contributed by atoms with Gasteiger partial charge >= 0.3 is 0 Å². The third-order valence-electron chi connectivity index (χ3n) is 2.39. The van der Waals surface area contributed by atoms with E-state index in [1.54, 1.807) is 19.9 Å². The lowest BCUT2D eigenvalue weighted by molar-refractivity contribution is -0.141. The molecule has 5 nitrogen and oxygen atoms in total. The normalized spacial score (nSPS) is 11.1. The van der Waals surface area contributed by atoms with Gasteiger partial charge in [0.05, 0.1) is 0 Å². The fourth-order valence-electron chi connectivity index (χ4n) is 1.10. The van der Waals surface area contributed by atoms with E-state index in [1.165, 1.54) is 0 Å². The number of rotatable bonds is 7. The zero-order valence-corrected chi connectivity index (χ0v) is 11.2. The van der Waals surface area contributed by atoms with Crippen molar-refractivity contribution in [1.82, 2.24) is 15.5 Å². The van der Waals surface area contributed by atoms with Crippen LogP contribution >= 0.6 is 0 Å². The molecule has 0 saturated carbocycles. The fraction of sp³-hybridized carbons (Fsp3) is 0.667. The second kappa shape index (κ2) is 7.06. The van der Waals surface area contributed by atoms with Gasteiger partial charge in [0.15, 0.2) is 0 Å². The van der Waals surface area contributed by atoms with Crippen molar-refractivity contribution in [2.75, 3.05) is 33.7 Å². The summed E-state index contributed by atoms with van der Waals surface area (Å²) in [5, 5.41) is 5.37. The number of carbonyl (C=O) groups excluding carboxylic acids is 2. The van der Waals surface area contributed by atoms with Crippen molar-refractivity contribution in [2.45, 2.75) is 13.8 Å². The van der Waals surface area contributed by atoms with Crippen molar-refractivity contribution in [1.29, 1.82) is 0 Å². The summed E-state index contributed by atoms with van der Waals surface area (Å²) >= 11 is 0. The Hall–Kier alpha value is -1.36. The molecule has 0 spiro atoms. The second-order valence-electron chi connectivity index (χ2n) is 4.68. The maximum atomic E-state index is 11.8. The lowest BCUT2D eigenvalue weighted by Gasteiger charge is -2.22. The molecule has 0 aliphatic heterocycles. The Bertz CT molecular complexity index is 285. The summed E-state index contributed by atoms with van der Waals surface area (Å²) in [6.07, 6.45) is 1.58. The highest BCUT2D eigenvalue weighted by molar-refractivity contribution is 6.04. The van der Waals surface area contributed by atoms with E-state index < -0.39 is 5.41 Å². The Morgan fingerprint density at radius 3 is 2.24 bits per heavy atom. The van der Waals surface area contributed by atoms with Crippen molar-refractivity contribution in [3.63, 3.8) is 0 Å². The molecule has 0 atom stereocenters. The summed E-state index contributed by atoms with van der Waals surface area (Å²) in [4.78, 5) is 25.5. The van der Waals surface area contributed by atoms with Crippen LogP contribution < -0.4 is 10.6 Å². The fourth-order valence-corrected chi connectivity index (χ4v) is 1.10. The molecule has 0 aliphatic carbocycles. The summed E-state index contributed by atoms with van der Waals surface area (Å²) < 4.78 is 0. The van der Waals surface area contributed by atoms with Gasteiger partial charge in [-0.2, -0.15) is 0 Å². The van der Waals surface area contributed by atoms with E-state index in [0.717, 1.165) is 6.54 Å². The molecule has 0 bridgehead atoms. The van der Waals surface area contributed by atoms with Crippen molar-refractivity contribution in [3.05, 3.63) is 12.7 Å². The molecule has 0 aromatic carbocycles. The molecule has 0 heterocycles. The van der Waals surface area contributed by atoms with Gasteiger partial charge in [0.2, 0.25) is 11.8 Å². The molecule has 5 heteroatoms. The van der Waals surface area contributed by atoms with Gasteiger partial charge in [-0.05, 0) is 27.9 Å². The van der Waals surface area contributed by atoms with E-state index in [4.69, 9.17) is 0 Å². The summed E-state index contributed by atoms with van der Waals surface area (Å²) in [7, 11) is 3.85. The largest absolute Gasteiger partial charge is 0.354 e. The minimum atomic E-state index is -1.06. The third-order valence-corrected chi connectivity index (χ3v) is 2.39. The summed E-state index contributed by atoms with van der Waals surface area (Å²) in [6.45, 7) is 8.37. The lowest BCUT2D eigenvalue weighted by atomic mass is 9.91. The highest BCUT2D eigenvalue weighted by Gasteiger charge is 2.35. The smallest absolute Gasteiger partial charge is 0.235 e. The van der Waals surface area contributed by atoms with E-state index in [0.29, 0.717) is 13.1 Å². The highest BCUT2D eigenvalue weighted by atomic mass is 16.2. The Morgan fingerprint density at radius 2 is 1.76 bits per heavy atom. The minimum absolute atomic E-state index is 0.263. The predicted octanol–water partition coefficient (Wildman–Crippen LogP) is -0.00740. The van der Waals surface area contributed by atoms with Crippen molar-refractivity contribution in [2.24, 2.45) is 5.41 Å². The number of nitrogens with zero attached hydrogens (tertiary/aromatic N) is 1. The van der Waals surface area contributed by atoms with Crippen molar-refractivity contribution < 1.29 is 9.59 Å². The number of amides is 2. The molecular weight excluding hydrogens is 218 g/mol. The van der Waals surface area contributed by atoms with Gasteiger partial charge < -0.3 is 15.5 Å². The predicted molar refractivity (Wildman–Crippen MR) is 68.6 cm³/mol. The molecule has 98 valence electrons. The molecular formula is C12H23N3O2. The quantitative estimate of drug-likeness (QED) is 0.487. The number of carbonyl (C=O) groups is 2. The van der Waals surface area contributed by atoms with Gasteiger partial charge in [0.25, 0.3) is 0 Å². The standard InChI is InChI=1S/C12H23N3O2/c1-6-7-13-10(16)12(2,3)11(17)14-8-9-15(4)5/h6H,1,7-9H2,2-5H3,(H,13,16)(H,14,17). The lowest BCUT2D eigenvalue weighted by Crippen LogP contribution is -2.48. The molecule has 0 radical (unpaired) electrons. The third kappa shape index (κ3) is 5.49. The Kier molecular flexibility index (Phi) is 6.50. The van der Waals surface area contributed by atoms with Crippen LogP contribution in [0.15, 0.2) is 12.7 Å². The van der Waals surface area contributed by atoms with E-state index in [9.17, 15) is 9.59 Å². The molecule has 0 aromatic heterocycles. The Balaban J connectivity index is 4.23. The van der Waals surface area contributed by atoms with Crippen LogP contribution in [0.25, 0.3) is 0 Å². The summed E-state index contributed by atoms with van der Waals surface area (Å²) in [6, 6.07) is 0. The monoisotopic (exact) mass is 241 g/mol. The van der Waals surface area contributed by atoms with Gasteiger partial charge in [0, 0.05) is 19.6 Å². The molecule has 0 aromatic rings. The molecule has 17 heavy (non-hydrogen) atoms. The molecule has 2 amide bonds. The number of hydrogen-bond acceptors (Lipinski definition) is 3. The second-order valence-corrected chi connectivity index (χ2v) is 4.68. The molecule has 0 rings (SSSR count). The Morgan fingerprint density at radius 1 is 1.24 bits per heavy atom. The first-order valence-corrected chi connectivity index (χ1v) is 5.64. The van der Waals surface area contributed by atoms with Gasteiger partial charge in [-0.15, -0.1) is 6.58 Å². The van der Waals surface area contributed by atoms with Gasteiger partial charge in [-0.25, -0.2) is 0 Å². The zero-order valence-electron chi connectivity index (χ0n) is 11.2. The van der Waals surface area contributed by atoms with Gasteiger partial charge in [0.1, 0.15) is 5.41 Å². The maximum Gasteiger partial charge on any atom is 0.235 e. The highest BCUT2D eigenvalue weighted by Crippen LogP contribution is 2.14. The van der Waals surface area contributed by atoms with Crippen LogP contribution in [-0.2, 0) is 9.59 Å². The molecule has 2 N–H and O–H groups in total. The van der Waals surface area contributed by atoms with Crippen LogP contribution in [-0.4, -0.2) is 50.4 Å². The minimum Gasteiger partial charge on any atom is -0.354 e. The summed E-state index contributed by atoms with van der Waals surface area (Å²) in [5.41, 5.74) is -1.06. The van der Waals surface area contributed by atoms with Crippen molar-refractivity contribution >= 4 is 11.8 Å². The van der Waals surface area contributed by atoms with Crippen LogP contribution in [0.1, 0.15) is 13.8 Å². The molecule has 0 unspecified atom stereocenters. The maximum absolute atomic E-state index is 11.8. The van der Waals surface area contributed by atoms with Gasteiger partial charge in [-0.1, -0.05) is 6.08 Å². The average molecular weight is 241 g/mol. The van der Waals surface area contributed by atoms with E-state index in [-0.39, 0.29) is 11.8 Å².